The normalized spacial score (nSPS) is 17.7. The summed E-state index contributed by atoms with van der Waals surface area (Å²) in [5, 5.41) is 2.17. The van der Waals surface area contributed by atoms with Crippen molar-refractivity contribution in [2.24, 2.45) is 0 Å². The van der Waals surface area contributed by atoms with Crippen LogP contribution in [0.25, 0.3) is 10.8 Å². The van der Waals surface area contributed by atoms with Crippen LogP contribution in [-0.4, -0.2) is 29.2 Å². The van der Waals surface area contributed by atoms with E-state index in [1.54, 1.807) is 44.2 Å². The second-order valence-electron chi connectivity index (χ2n) is 8.80. The minimum atomic E-state index is -4.59. The maximum atomic E-state index is 14.4. The van der Waals surface area contributed by atoms with Gasteiger partial charge < -0.3 is 4.74 Å². The van der Waals surface area contributed by atoms with Gasteiger partial charge in [-0.05, 0) is 37.3 Å². The predicted molar refractivity (Wildman–Crippen MR) is 116 cm³/mol. The Hall–Kier alpha value is -2.28. The van der Waals surface area contributed by atoms with Gasteiger partial charge in [0.2, 0.25) is 5.91 Å². The van der Waals surface area contributed by atoms with Gasteiger partial charge in [-0.1, -0.05) is 62.9 Å². The standard InChI is InChI=1S/C24H31F3N2O2/c1-4-5-6-7-8-15-31-19-14-10-12-17-11-9-13-18(21(17)19)22(24(25,26)27)29-23(2,3)16-20(30)28-29/h9-14,22H,4-8,15-16H2,1-3H3,(H,28,30)/t22-/m0/s1. The zero-order valence-corrected chi connectivity index (χ0v) is 18.4. The lowest BCUT2D eigenvalue weighted by Crippen LogP contribution is -2.51. The van der Waals surface area contributed by atoms with Crippen LogP contribution in [0.5, 0.6) is 5.75 Å². The molecule has 0 aromatic heterocycles. The zero-order valence-electron chi connectivity index (χ0n) is 18.4. The van der Waals surface area contributed by atoms with E-state index in [-0.39, 0.29) is 12.0 Å². The first-order chi connectivity index (χ1) is 14.6. The molecule has 0 saturated carbocycles. The van der Waals surface area contributed by atoms with E-state index >= 15 is 0 Å². The molecule has 0 spiro atoms. The van der Waals surface area contributed by atoms with E-state index in [2.05, 4.69) is 12.3 Å². The van der Waals surface area contributed by atoms with Gasteiger partial charge in [-0.2, -0.15) is 18.2 Å². The molecule has 1 aliphatic rings. The lowest BCUT2D eigenvalue weighted by atomic mass is 9.93. The van der Waals surface area contributed by atoms with Crippen LogP contribution in [0.3, 0.4) is 0 Å². The number of amides is 1. The van der Waals surface area contributed by atoms with Gasteiger partial charge in [0.1, 0.15) is 5.75 Å². The first kappa shape index (κ1) is 23.4. The Morgan fingerprint density at radius 2 is 1.77 bits per heavy atom. The molecule has 1 N–H and O–H groups in total. The van der Waals surface area contributed by atoms with Gasteiger partial charge in [-0.3, -0.25) is 10.2 Å². The summed E-state index contributed by atoms with van der Waals surface area (Å²) in [5.41, 5.74) is 1.55. The van der Waals surface area contributed by atoms with Crippen molar-refractivity contribution in [2.45, 2.75) is 77.1 Å². The lowest BCUT2D eigenvalue weighted by Gasteiger charge is -2.38. The average Bonchev–Trinajstić information content (AvgIpc) is 2.95. The van der Waals surface area contributed by atoms with E-state index in [0.29, 0.717) is 23.1 Å². The molecule has 1 saturated heterocycles. The fourth-order valence-electron chi connectivity index (χ4n) is 4.25. The molecule has 1 atom stereocenters. The Bertz CT molecular complexity index is 906. The number of hydrogen-bond donors (Lipinski definition) is 1. The van der Waals surface area contributed by atoms with Crippen molar-refractivity contribution >= 4 is 16.7 Å². The molecule has 1 heterocycles. The number of halogens is 3. The van der Waals surface area contributed by atoms with Crippen LogP contribution in [0.2, 0.25) is 0 Å². The molecule has 1 amide bonds. The van der Waals surface area contributed by atoms with Crippen molar-refractivity contribution in [3.8, 4) is 5.75 Å². The smallest absolute Gasteiger partial charge is 0.409 e. The third-order valence-electron chi connectivity index (χ3n) is 5.76. The molecule has 1 aliphatic heterocycles. The fourth-order valence-corrected chi connectivity index (χ4v) is 4.25. The number of carbonyl (C=O) groups is 1. The molecule has 0 radical (unpaired) electrons. The number of unbranched alkanes of at least 4 members (excludes halogenated alkanes) is 4. The summed E-state index contributed by atoms with van der Waals surface area (Å²) >= 11 is 0. The van der Waals surface area contributed by atoms with Crippen molar-refractivity contribution in [3.63, 3.8) is 0 Å². The molecule has 2 aromatic carbocycles. The van der Waals surface area contributed by atoms with Crippen LogP contribution in [0, 0.1) is 0 Å². The molecule has 3 rings (SSSR count). The average molecular weight is 437 g/mol. The number of nitrogens with one attached hydrogen (secondary N) is 1. The van der Waals surface area contributed by atoms with E-state index < -0.39 is 23.7 Å². The van der Waals surface area contributed by atoms with Crippen LogP contribution in [0.4, 0.5) is 13.2 Å². The molecular formula is C24H31F3N2O2. The molecule has 0 bridgehead atoms. The van der Waals surface area contributed by atoms with Crippen molar-refractivity contribution in [2.75, 3.05) is 6.61 Å². The molecule has 7 heteroatoms. The van der Waals surface area contributed by atoms with Crippen molar-refractivity contribution in [3.05, 3.63) is 42.0 Å². The minimum absolute atomic E-state index is 0.00542. The van der Waals surface area contributed by atoms with Gasteiger partial charge in [-0.25, -0.2) is 0 Å². The van der Waals surface area contributed by atoms with Crippen molar-refractivity contribution < 1.29 is 22.7 Å². The van der Waals surface area contributed by atoms with Crippen LogP contribution in [0.1, 0.15) is 70.9 Å². The number of nitrogens with zero attached hydrogens (tertiary/aromatic N) is 1. The molecule has 0 unspecified atom stereocenters. The quantitative estimate of drug-likeness (QED) is 0.469. The SMILES string of the molecule is CCCCCCCOc1cccc2cccc([C@H](N3NC(=O)CC3(C)C)C(F)(F)F)c12. The number of hydrazine groups is 1. The van der Waals surface area contributed by atoms with Gasteiger partial charge in [0.05, 0.1) is 6.61 Å². The summed E-state index contributed by atoms with van der Waals surface area (Å²) in [5.74, 6) is 0.0317. The highest BCUT2D eigenvalue weighted by molar-refractivity contribution is 5.92. The fraction of sp³-hybridized carbons (Fsp3) is 0.542. The third kappa shape index (κ3) is 5.32. The maximum Gasteiger partial charge on any atom is 0.409 e. The molecule has 170 valence electrons. The second-order valence-corrected chi connectivity index (χ2v) is 8.80. The highest BCUT2D eigenvalue weighted by Gasteiger charge is 2.53. The summed E-state index contributed by atoms with van der Waals surface area (Å²) in [7, 11) is 0. The second kappa shape index (κ2) is 9.47. The number of rotatable bonds is 9. The summed E-state index contributed by atoms with van der Waals surface area (Å²) in [6, 6.07) is 8.21. The first-order valence-electron chi connectivity index (χ1n) is 10.9. The minimum Gasteiger partial charge on any atom is -0.493 e. The van der Waals surface area contributed by atoms with Gasteiger partial charge in [0.15, 0.2) is 6.04 Å². The molecule has 4 nitrogen and oxygen atoms in total. The highest BCUT2D eigenvalue weighted by Crippen LogP contribution is 2.46. The lowest BCUT2D eigenvalue weighted by molar-refractivity contribution is -0.203. The number of alkyl halides is 3. The van der Waals surface area contributed by atoms with Crippen LogP contribution >= 0.6 is 0 Å². The molecule has 31 heavy (non-hydrogen) atoms. The molecule has 1 fully saturated rings. The Kier molecular flexibility index (Phi) is 7.14. The predicted octanol–water partition coefficient (Wildman–Crippen LogP) is 6.31. The topological polar surface area (TPSA) is 41.6 Å². The Morgan fingerprint density at radius 1 is 1.10 bits per heavy atom. The van der Waals surface area contributed by atoms with Gasteiger partial charge in [0.25, 0.3) is 0 Å². The van der Waals surface area contributed by atoms with Crippen LogP contribution in [-0.2, 0) is 4.79 Å². The first-order valence-corrected chi connectivity index (χ1v) is 10.9. The van der Waals surface area contributed by atoms with E-state index in [1.807, 2.05) is 0 Å². The van der Waals surface area contributed by atoms with Crippen molar-refractivity contribution in [1.82, 2.24) is 10.4 Å². The van der Waals surface area contributed by atoms with Crippen LogP contribution in [0.15, 0.2) is 36.4 Å². The Balaban J connectivity index is 1.98. The van der Waals surface area contributed by atoms with Crippen LogP contribution < -0.4 is 10.2 Å². The largest absolute Gasteiger partial charge is 0.493 e. The Labute approximate surface area is 181 Å². The Morgan fingerprint density at radius 3 is 2.39 bits per heavy atom. The number of fused-ring (bicyclic) bond motifs is 1. The monoisotopic (exact) mass is 436 g/mol. The van der Waals surface area contributed by atoms with Gasteiger partial charge >= 0.3 is 6.18 Å². The number of carbonyl (C=O) groups excluding carboxylic acids is 1. The van der Waals surface area contributed by atoms with Gasteiger partial charge in [0, 0.05) is 17.3 Å². The van der Waals surface area contributed by atoms with E-state index in [1.165, 1.54) is 12.5 Å². The zero-order chi connectivity index (χ0) is 22.6. The third-order valence-corrected chi connectivity index (χ3v) is 5.76. The number of ether oxygens (including phenoxy) is 1. The number of benzene rings is 2. The number of hydrogen-bond acceptors (Lipinski definition) is 3. The summed E-state index contributed by atoms with van der Waals surface area (Å²) < 4.78 is 49.1. The van der Waals surface area contributed by atoms with Crippen molar-refractivity contribution in [1.29, 1.82) is 0 Å². The van der Waals surface area contributed by atoms with E-state index in [0.717, 1.165) is 30.7 Å². The van der Waals surface area contributed by atoms with Gasteiger partial charge in [-0.15, -0.1) is 0 Å². The molecular weight excluding hydrogens is 405 g/mol. The summed E-state index contributed by atoms with van der Waals surface area (Å²) in [6.45, 7) is 5.89. The summed E-state index contributed by atoms with van der Waals surface area (Å²) in [6.07, 6.45) is 0.752. The summed E-state index contributed by atoms with van der Waals surface area (Å²) in [4.78, 5) is 12.0. The van der Waals surface area contributed by atoms with E-state index in [9.17, 15) is 18.0 Å². The van der Waals surface area contributed by atoms with E-state index in [4.69, 9.17) is 4.74 Å². The highest BCUT2D eigenvalue weighted by atomic mass is 19.4. The molecule has 2 aromatic rings. The maximum absolute atomic E-state index is 14.4. The molecule has 0 aliphatic carbocycles.